The van der Waals surface area contributed by atoms with E-state index >= 15 is 0 Å². The maximum absolute atomic E-state index is 12.5. The van der Waals surface area contributed by atoms with Crippen LogP contribution < -0.4 is 10.2 Å². The van der Waals surface area contributed by atoms with E-state index in [1.807, 2.05) is 31.2 Å². The summed E-state index contributed by atoms with van der Waals surface area (Å²) in [7, 11) is -3.13. The van der Waals surface area contributed by atoms with Gasteiger partial charge >= 0.3 is 0 Å². The summed E-state index contributed by atoms with van der Waals surface area (Å²) in [6, 6.07) is 7.73. The minimum Gasteiger partial charge on any atom is -0.355 e. The molecular weight excluding hydrogens is 380 g/mol. The Bertz CT molecular complexity index is 817. The summed E-state index contributed by atoms with van der Waals surface area (Å²) in [5, 5.41) is 2.92. The van der Waals surface area contributed by atoms with E-state index in [1.54, 1.807) is 4.90 Å². The first-order valence-electron chi connectivity index (χ1n) is 9.56. The van der Waals surface area contributed by atoms with Gasteiger partial charge in [0.2, 0.25) is 21.8 Å². The van der Waals surface area contributed by atoms with Crippen molar-refractivity contribution in [1.82, 2.24) is 14.5 Å². The molecule has 8 nitrogen and oxygen atoms in total. The molecule has 2 fully saturated rings. The lowest BCUT2D eigenvalue weighted by Gasteiger charge is -2.33. The molecule has 2 heterocycles. The molecular formula is C19H28N4O4S. The average molecular weight is 409 g/mol. The fraction of sp³-hybridized carbons (Fsp3) is 0.579. The van der Waals surface area contributed by atoms with Crippen molar-refractivity contribution in [3.8, 4) is 0 Å². The van der Waals surface area contributed by atoms with Crippen LogP contribution in [0.4, 0.5) is 5.69 Å². The van der Waals surface area contributed by atoms with Crippen molar-refractivity contribution in [2.45, 2.75) is 13.3 Å². The van der Waals surface area contributed by atoms with Crippen molar-refractivity contribution in [3.63, 3.8) is 0 Å². The van der Waals surface area contributed by atoms with Gasteiger partial charge in [0.05, 0.1) is 12.2 Å². The Kier molecular flexibility index (Phi) is 6.36. The molecule has 1 aromatic carbocycles. The first kappa shape index (κ1) is 20.8. The highest BCUT2D eigenvalue weighted by Gasteiger charge is 2.35. The molecule has 1 N–H and O–H groups in total. The zero-order chi connectivity index (χ0) is 20.3. The Labute approximate surface area is 166 Å². The Balaban J connectivity index is 1.42. The SMILES string of the molecule is Cc1ccc(N2CC(C(=O)NCCN3CCN(S(C)(=O)=O)CC3)CC2=O)cc1. The number of hydrogen-bond acceptors (Lipinski definition) is 5. The first-order chi connectivity index (χ1) is 13.2. The third-order valence-corrected chi connectivity index (χ3v) is 6.67. The van der Waals surface area contributed by atoms with Gasteiger partial charge in [-0.1, -0.05) is 17.7 Å². The Morgan fingerprint density at radius 2 is 1.79 bits per heavy atom. The molecule has 1 unspecified atom stereocenters. The maximum Gasteiger partial charge on any atom is 0.227 e. The predicted octanol–water partition coefficient (Wildman–Crippen LogP) is 0.0413. The molecule has 28 heavy (non-hydrogen) atoms. The van der Waals surface area contributed by atoms with Crippen molar-refractivity contribution in [2.75, 3.05) is 57.0 Å². The molecule has 1 atom stereocenters. The second-order valence-electron chi connectivity index (χ2n) is 7.54. The van der Waals surface area contributed by atoms with Gasteiger partial charge in [-0.05, 0) is 19.1 Å². The molecule has 0 radical (unpaired) electrons. The number of hydrogen-bond donors (Lipinski definition) is 1. The third-order valence-electron chi connectivity index (χ3n) is 5.37. The van der Waals surface area contributed by atoms with Crippen LogP contribution >= 0.6 is 0 Å². The van der Waals surface area contributed by atoms with Crippen molar-refractivity contribution in [3.05, 3.63) is 29.8 Å². The maximum atomic E-state index is 12.5. The zero-order valence-electron chi connectivity index (χ0n) is 16.4. The van der Waals surface area contributed by atoms with Gasteiger partial charge in [0.15, 0.2) is 0 Å². The van der Waals surface area contributed by atoms with Gasteiger partial charge in [-0.3, -0.25) is 14.5 Å². The van der Waals surface area contributed by atoms with Crippen molar-refractivity contribution in [2.24, 2.45) is 5.92 Å². The molecule has 0 bridgehead atoms. The van der Waals surface area contributed by atoms with Crippen molar-refractivity contribution in [1.29, 1.82) is 0 Å². The lowest BCUT2D eigenvalue weighted by molar-refractivity contribution is -0.126. The Hall–Kier alpha value is -1.97. The molecule has 3 rings (SSSR count). The number of nitrogens with zero attached hydrogens (tertiary/aromatic N) is 3. The van der Waals surface area contributed by atoms with Crippen LogP contribution in [0.2, 0.25) is 0 Å². The first-order valence-corrected chi connectivity index (χ1v) is 11.4. The van der Waals surface area contributed by atoms with E-state index in [1.165, 1.54) is 10.6 Å². The van der Waals surface area contributed by atoms with E-state index < -0.39 is 10.0 Å². The Morgan fingerprint density at radius 1 is 1.14 bits per heavy atom. The largest absolute Gasteiger partial charge is 0.355 e. The molecule has 2 aliphatic rings. The molecule has 0 aromatic heterocycles. The molecule has 1 aromatic rings. The number of amides is 2. The molecule has 0 spiro atoms. The monoisotopic (exact) mass is 408 g/mol. The lowest BCUT2D eigenvalue weighted by atomic mass is 10.1. The molecule has 0 aliphatic carbocycles. The van der Waals surface area contributed by atoms with Crippen LogP contribution in [-0.2, 0) is 19.6 Å². The van der Waals surface area contributed by atoms with Crippen LogP contribution in [0, 0.1) is 12.8 Å². The summed E-state index contributed by atoms with van der Waals surface area (Å²) in [6.45, 7) is 5.84. The van der Waals surface area contributed by atoms with Gasteiger partial charge in [-0.15, -0.1) is 0 Å². The molecule has 0 saturated carbocycles. The molecule has 2 amide bonds. The number of piperazine rings is 1. The van der Waals surface area contributed by atoms with Crippen LogP contribution in [0.3, 0.4) is 0 Å². The molecule has 2 saturated heterocycles. The van der Waals surface area contributed by atoms with Crippen LogP contribution in [0.5, 0.6) is 0 Å². The highest BCUT2D eigenvalue weighted by atomic mass is 32.2. The van der Waals surface area contributed by atoms with E-state index in [2.05, 4.69) is 10.2 Å². The van der Waals surface area contributed by atoms with E-state index in [0.29, 0.717) is 45.8 Å². The van der Waals surface area contributed by atoms with Gasteiger partial charge in [0.1, 0.15) is 0 Å². The number of carbonyl (C=O) groups excluding carboxylic acids is 2. The summed E-state index contributed by atoms with van der Waals surface area (Å²) >= 11 is 0. The van der Waals surface area contributed by atoms with Gasteiger partial charge in [-0.25, -0.2) is 8.42 Å². The van der Waals surface area contributed by atoms with Crippen LogP contribution in [0.1, 0.15) is 12.0 Å². The molecule has 2 aliphatic heterocycles. The third kappa shape index (κ3) is 5.09. The fourth-order valence-electron chi connectivity index (χ4n) is 3.62. The minimum absolute atomic E-state index is 0.0269. The number of nitrogens with one attached hydrogen (secondary N) is 1. The minimum atomic E-state index is -3.13. The zero-order valence-corrected chi connectivity index (χ0v) is 17.2. The number of benzene rings is 1. The summed E-state index contributed by atoms with van der Waals surface area (Å²) in [6.07, 6.45) is 1.46. The number of rotatable bonds is 6. The summed E-state index contributed by atoms with van der Waals surface area (Å²) in [4.78, 5) is 28.6. The normalized spacial score (nSPS) is 21.9. The van der Waals surface area contributed by atoms with Gasteiger partial charge in [0, 0.05) is 57.9 Å². The smallest absolute Gasteiger partial charge is 0.227 e. The van der Waals surface area contributed by atoms with E-state index in [4.69, 9.17) is 0 Å². The van der Waals surface area contributed by atoms with E-state index in [9.17, 15) is 18.0 Å². The van der Waals surface area contributed by atoms with Gasteiger partial charge in [0.25, 0.3) is 0 Å². The number of aryl methyl sites for hydroxylation is 1. The highest BCUT2D eigenvalue weighted by Crippen LogP contribution is 2.25. The molecule has 9 heteroatoms. The fourth-order valence-corrected chi connectivity index (χ4v) is 4.45. The van der Waals surface area contributed by atoms with Crippen LogP contribution in [0.25, 0.3) is 0 Å². The van der Waals surface area contributed by atoms with E-state index in [0.717, 1.165) is 11.3 Å². The second kappa shape index (κ2) is 8.59. The number of carbonyl (C=O) groups is 2. The highest BCUT2D eigenvalue weighted by molar-refractivity contribution is 7.88. The summed E-state index contributed by atoms with van der Waals surface area (Å²) in [5.74, 6) is -0.463. The second-order valence-corrected chi connectivity index (χ2v) is 9.52. The van der Waals surface area contributed by atoms with E-state index in [-0.39, 0.29) is 24.2 Å². The number of anilines is 1. The summed E-state index contributed by atoms with van der Waals surface area (Å²) in [5.41, 5.74) is 1.96. The van der Waals surface area contributed by atoms with Crippen molar-refractivity contribution < 1.29 is 18.0 Å². The Morgan fingerprint density at radius 3 is 2.39 bits per heavy atom. The summed E-state index contributed by atoms with van der Waals surface area (Å²) < 4.78 is 24.5. The van der Waals surface area contributed by atoms with Crippen LogP contribution in [0.15, 0.2) is 24.3 Å². The van der Waals surface area contributed by atoms with Crippen LogP contribution in [-0.4, -0.2) is 81.5 Å². The lowest BCUT2D eigenvalue weighted by Crippen LogP contribution is -2.50. The molecule has 154 valence electrons. The number of sulfonamides is 1. The van der Waals surface area contributed by atoms with Crippen molar-refractivity contribution >= 4 is 27.5 Å². The predicted molar refractivity (Wildman–Crippen MR) is 108 cm³/mol. The topological polar surface area (TPSA) is 90.0 Å². The average Bonchev–Trinajstić information content (AvgIpc) is 3.04. The van der Waals surface area contributed by atoms with Gasteiger partial charge in [-0.2, -0.15) is 4.31 Å². The standard InChI is InChI=1S/C19H28N4O4S/c1-15-3-5-17(6-4-15)23-14-16(13-18(23)24)19(25)20-7-8-21-9-11-22(12-10-21)28(2,26)27/h3-6,16H,7-14H2,1-2H3,(H,20,25). The van der Waals surface area contributed by atoms with Gasteiger partial charge < -0.3 is 10.2 Å². The quantitative estimate of drug-likeness (QED) is 0.718.